The molecule has 1 fully saturated rings. The Morgan fingerprint density at radius 3 is 3.15 bits per heavy atom. The van der Waals surface area contributed by atoms with Gasteiger partial charge in [0, 0.05) is 19.0 Å². The van der Waals surface area contributed by atoms with E-state index in [1.807, 2.05) is 6.07 Å². The molecule has 2 N–H and O–H groups in total. The number of fused-ring (bicyclic) bond motifs is 1. The molecule has 1 unspecified atom stereocenters. The van der Waals surface area contributed by atoms with Gasteiger partial charge in [0.15, 0.2) is 0 Å². The zero-order valence-corrected chi connectivity index (χ0v) is 12.1. The molecule has 3 rings (SSSR count). The number of benzene rings is 1. The Bertz CT molecular complexity index is 513. The first-order valence-corrected chi connectivity index (χ1v) is 7.59. The molecule has 2 heterocycles. The van der Waals surface area contributed by atoms with Crippen molar-refractivity contribution >= 4 is 17.5 Å². The van der Waals surface area contributed by atoms with Crippen molar-refractivity contribution < 1.29 is 9.53 Å². The van der Waals surface area contributed by atoms with E-state index in [0.29, 0.717) is 35.5 Å². The topological polar surface area (TPSA) is 50.4 Å². The Morgan fingerprint density at radius 2 is 2.35 bits per heavy atom. The quantitative estimate of drug-likeness (QED) is 0.898. The van der Waals surface area contributed by atoms with Crippen LogP contribution >= 0.6 is 11.6 Å². The van der Waals surface area contributed by atoms with Gasteiger partial charge in [-0.15, -0.1) is 0 Å². The van der Waals surface area contributed by atoms with E-state index in [0.717, 1.165) is 24.9 Å². The van der Waals surface area contributed by atoms with E-state index in [4.69, 9.17) is 16.3 Å². The molecule has 0 saturated carbocycles. The van der Waals surface area contributed by atoms with Crippen LogP contribution in [0.25, 0.3) is 0 Å². The van der Waals surface area contributed by atoms with Gasteiger partial charge in [0.2, 0.25) is 0 Å². The highest BCUT2D eigenvalue weighted by atomic mass is 35.5. The van der Waals surface area contributed by atoms with E-state index in [2.05, 4.69) is 10.6 Å². The minimum absolute atomic E-state index is 0.138. The van der Waals surface area contributed by atoms with Crippen molar-refractivity contribution in [2.45, 2.75) is 31.7 Å². The van der Waals surface area contributed by atoms with Crippen molar-refractivity contribution in [2.75, 3.05) is 19.7 Å². The Morgan fingerprint density at radius 1 is 1.45 bits per heavy atom. The third kappa shape index (κ3) is 2.76. The summed E-state index contributed by atoms with van der Waals surface area (Å²) >= 11 is 6.17. The van der Waals surface area contributed by atoms with E-state index in [9.17, 15) is 4.79 Å². The highest BCUT2D eigenvalue weighted by Gasteiger charge is 2.24. The van der Waals surface area contributed by atoms with E-state index < -0.39 is 0 Å². The Kier molecular flexibility index (Phi) is 4.13. The van der Waals surface area contributed by atoms with Crippen LogP contribution in [0.4, 0.5) is 0 Å². The predicted octanol–water partition coefficient (Wildman–Crippen LogP) is 2.15. The number of nitrogens with one attached hydrogen (secondary N) is 2. The molecule has 20 heavy (non-hydrogen) atoms. The summed E-state index contributed by atoms with van der Waals surface area (Å²) in [6.07, 6.45) is 4.39. The smallest absolute Gasteiger partial charge is 0.256 e. The first kappa shape index (κ1) is 13.7. The second kappa shape index (κ2) is 6.02. The fraction of sp³-hybridized carbons (Fsp3) is 0.533. The fourth-order valence-electron chi connectivity index (χ4n) is 2.84. The summed E-state index contributed by atoms with van der Waals surface area (Å²) in [5, 5.41) is 6.85. The lowest BCUT2D eigenvalue weighted by Gasteiger charge is -2.23. The summed E-state index contributed by atoms with van der Waals surface area (Å²) in [4.78, 5) is 12.4. The molecule has 5 heteroatoms. The van der Waals surface area contributed by atoms with Crippen LogP contribution in [0, 0.1) is 0 Å². The molecular formula is C15H19ClN2O2. The first-order chi connectivity index (χ1) is 9.75. The third-order valence-electron chi connectivity index (χ3n) is 3.95. The summed E-state index contributed by atoms with van der Waals surface area (Å²) in [6, 6.07) is 4.08. The number of carbonyl (C=O) groups excluding carboxylic acids is 1. The van der Waals surface area contributed by atoms with Gasteiger partial charge < -0.3 is 15.4 Å². The highest BCUT2D eigenvalue weighted by Crippen LogP contribution is 2.34. The predicted molar refractivity (Wildman–Crippen MR) is 78.6 cm³/mol. The van der Waals surface area contributed by atoms with Gasteiger partial charge in [0.25, 0.3) is 5.91 Å². The number of piperidine rings is 1. The average molecular weight is 295 g/mol. The standard InChI is InChI=1S/C15H19ClN2O2/c16-12-5-4-10-6-8-20-14(10)13(12)15(19)18-9-11-3-1-2-7-17-11/h4-5,11,17H,1-3,6-9H2,(H,18,19). The number of hydrogen-bond donors (Lipinski definition) is 2. The van der Waals surface area contributed by atoms with Crippen LogP contribution in [0.5, 0.6) is 5.75 Å². The summed E-state index contributed by atoms with van der Waals surface area (Å²) in [5.74, 6) is 0.521. The first-order valence-electron chi connectivity index (χ1n) is 7.21. The second-order valence-corrected chi connectivity index (χ2v) is 5.77. The van der Waals surface area contributed by atoms with Crippen LogP contribution in [-0.2, 0) is 6.42 Å². The second-order valence-electron chi connectivity index (χ2n) is 5.37. The highest BCUT2D eigenvalue weighted by molar-refractivity contribution is 6.34. The zero-order valence-electron chi connectivity index (χ0n) is 11.4. The maximum Gasteiger partial charge on any atom is 0.256 e. The van der Waals surface area contributed by atoms with Gasteiger partial charge in [-0.3, -0.25) is 4.79 Å². The van der Waals surface area contributed by atoms with E-state index in [1.165, 1.54) is 12.8 Å². The molecule has 0 radical (unpaired) electrons. The lowest BCUT2D eigenvalue weighted by atomic mass is 10.0. The molecule has 0 bridgehead atoms. The molecule has 1 amide bonds. The normalized spacial score (nSPS) is 21.1. The molecule has 2 aliphatic heterocycles. The Balaban J connectivity index is 1.69. The average Bonchev–Trinajstić information content (AvgIpc) is 2.94. The van der Waals surface area contributed by atoms with Crippen molar-refractivity contribution in [1.82, 2.24) is 10.6 Å². The number of carbonyl (C=O) groups is 1. The monoisotopic (exact) mass is 294 g/mol. The van der Waals surface area contributed by atoms with Crippen LogP contribution in [0.2, 0.25) is 5.02 Å². The van der Waals surface area contributed by atoms with Gasteiger partial charge in [-0.25, -0.2) is 0 Å². The van der Waals surface area contributed by atoms with Gasteiger partial charge in [-0.1, -0.05) is 24.1 Å². The van der Waals surface area contributed by atoms with E-state index in [1.54, 1.807) is 6.07 Å². The molecule has 0 aliphatic carbocycles. The number of hydrogen-bond acceptors (Lipinski definition) is 3. The van der Waals surface area contributed by atoms with Crippen LogP contribution in [0.3, 0.4) is 0 Å². The number of halogens is 1. The van der Waals surface area contributed by atoms with Crippen molar-refractivity contribution in [3.8, 4) is 5.75 Å². The Labute approximate surface area is 123 Å². The van der Waals surface area contributed by atoms with Crippen LogP contribution < -0.4 is 15.4 Å². The molecule has 0 spiro atoms. The summed E-state index contributed by atoms with van der Waals surface area (Å²) in [6.45, 7) is 2.30. The molecule has 2 aliphatic rings. The van der Waals surface area contributed by atoms with Gasteiger partial charge in [0.1, 0.15) is 11.3 Å². The minimum Gasteiger partial charge on any atom is -0.492 e. The van der Waals surface area contributed by atoms with Gasteiger partial charge >= 0.3 is 0 Å². The van der Waals surface area contributed by atoms with Crippen molar-refractivity contribution in [3.63, 3.8) is 0 Å². The lowest BCUT2D eigenvalue weighted by Crippen LogP contribution is -2.43. The van der Waals surface area contributed by atoms with Crippen LogP contribution in [0.15, 0.2) is 12.1 Å². The number of amides is 1. The SMILES string of the molecule is O=C(NCC1CCCCN1)c1c(Cl)ccc2c1OCC2. The zero-order chi connectivity index (χ0) is 13.9. The number of rotatable bonds is 3. The van der Waals surface area contributed by atoms with Crippen molar-refractivity contribution in [3.05, 3.63) is 28.3 Å². The number of ether oxygens (including phenoxy) is 1. The molecule has 1 atom stereocenters. The third-order valence-corrected chi connectivity index (χ3v) is 4.27. The minimum atomic E-state index is -0.138. The Hall–Kier alpha value is -1.26. The van der Waals surface area contributed by atoms with Gasteiger partial charge in [-0.2, -0.15) is 0 Å². The summed E-state index contributed by atoms with van der Waals surface area (Å²) in [5.41, 5.74) is 1.55. The fourth-order valence-corrected chi connectivity index (χ4v) is 3.08. The maximum atomic E-state index is 12.4. The van der Waals surface area contributed by atoms with Gasteiger partial charge in [0.05, 0.1) is 11.6 Å². The van der Waals surface area contributed by atoms with Crippen LogP contribution in [-0.4, -0.2) is 31.6 Å². The molecule has 4 nitrogen and oxygen atoms in total. The van der Waals surface area contributed by atoms with Crippen molar-refractivity contribution in [1.29, 1.82) is 0 Å². The summed E-state index contributed by atoms with van der Waals surface area (Å²) < 4.78 is 5.56. The summed E-state index contributed by atoms with van der Waals surface area (Å²) in [7, 11) is 0. The van der Waals surface area contributed by atoms with E-state index in [-0.39, 0.29) is 5.91 Å². The van der Waals surface area contributed by atoms with Crippen molar-refractivity contribution in [2.24, 2.45) is 0 Å². The molecule has 1 aromatic rings. The maximum absolute atomic E-state index is 12.4. The van der Waals surface area contributed by atoms with Gasteiger partial charge in [-0.05, 0) is 31.0 Å². The van der Waals surface area contributed by atoms with E-state index >= 15 is 0 Å². The molecule has 0 aromatic heterocycles. The largest absolute Gasteiger partial charge is 0.492 e. The lowest BCUT2D eigenvalue weighted by molar-refractivity contribution is 0.0945. The molecule has 1 aromatic carbocycles. The molecular weight excluding hydrogens is 276 g/mol. The molecule has 108 valence electrons. The van der Waals surface area contributed by atoms with Crippen LogP contribution in [0.1, 0.15) is 35.2 Å². The molecule has 1 saturated heterocycles.